The average Bonchev–Trinajstić information content (AvgIpc) is 2.63. The third-order valence-electron chi connectivity index (χ3n) is 2.59. The van der Waals surface area contributed by atoms with Gasteiger partial charge in [0.05, 0.1) is 5.69 Å². The molecule has 1 aromatic heterocycles. The van der Waals surface area contributed by atoms with Crippen LogP contribution >= 0.6 is 23.6 Å². The van der Waals surface area contributed by atoms with E-state index < -0.39 is 11.6 Å². The van der Waals surface area contributed by atoms with Crippen LogP contribution < -0.4 is 11.1 Å². The molecule has 0 amide bonds. The van der Waals surface area contributed by atoms with Crippen LogP contribution in [0.15, 0.2) is 12.1 Å². The Kier molecular flexibility index (Phi) is 3.77. The molecule has 0 fully saturated rings. The average molecular weight is 299 g/mol. The minimum absolute atomic E-state index is 0.0507. The number of aromatic nitrogens is 1. The number of halogens is 2. The first kappa shape index (κ1) is 13.8. The Morgan fingerprint density at radius 1 is 1.32 bits per heavy atom. The fraction of sp³-hybridized carbons (Fsp3) is 0.167. The van der Waals surface area contributed by atoms with Crippen molar-refractivity contribution in [1.29, 1.82) is 0 Å². The summed E-state index contributed by atoms with van der Waals surface area (Å²) in [6, 6.07) is 2.20. The van der Waals surface area contributed by atoms with Crippen molar-refractivity contribution in [3.63, 3.8) is 0 Å². The van der Waals surface area contributed by atoms with Gasteiger partial charge in [-0.2, -0.15) is 0 Å². The van der Waals surface area contributed by atoms with Gasteiger partial charge >= 0.3 is 0 Å². The second-order valence-corrected chi connectivity index (χ2v) is 5.61. The van der Waals surface area contributed by atoms with Crippen LogP contribution in [0.4, 0.5) is 19.6 Å². The molecule has 0 aliphatic rings. The highest BCUT2D eigenvalue weighted by atomic mass is 32.1. The number of thiocarbonyl (C=S) groups is 1. The number of hydrogen-bond acceptors (Lipinski definition) is 4. The minimum Gasteiger partial charge on any atom is -0.389 e. The fourth-order valence-electron chi connectivity index (χ4n) is 1.47. The molecule has 0 saturated carbocycles. The maximum absolute atomic E-state index is 13.8. The normalized spacial score (nSPS) is 10.5. The summed E-state index contributed by atoms with van der Waals surface area (Å²) < 4.78 is 27.6. The Morgan fingerprint density at radius 2 is 1.89 bits per heavy atom. The number of anilines is 2. The number of nitrogens with zero attached hydrogens (tertiary/aromatic N) is 1. The van der Waals surface area contributed by atoms with Crippen molar-refractivity contribution in [1.82, 2.24) is 4.98 Å². The number of nitrogens with one attached hydrogen (secondary N) is 1. The van der Waals surface area contributed by atoms with Crippen molar-refractivity contribution >= 4 is 39.4 Å². The second-order valence-electron chi connectivity index (χ2n) is 3.96. The summed E-state index contributed by atoms with van der Waals surface area (Å²) in [4.78, 5) is 5.11. The Labute approximate surface area is 118 Å². The number of rotatable bonds is 3. The molecular weight excluding hydrogens is 288 g/mol. The van der Waals surface area contributed by atoms with Gasteiger partial charge in [-0.1, -0.05) is 12.2 Å². The van der Waals surface area contributed by atoms with Crippen molar-refractivity contribution in [3.05, 3.63) is 39.9 Å². The Hall–Kier alpha value is -1.60. The summed E-state index contributed by atoms with van der Waals surface area (Å²) in [6.07, 6.45) is 0. The Balaban J connectivity index is 2.38. The summed E-state index contributed by atoms with van der Waals surface area (Å²) in [6.45, 7) is 3.72. The van der Waals surface area contributed by atoms with Gasteiger partial charge in [-0.05, 0) is 26.0 Å². The van der Waals surface area contributed by atoms with E-state index in [4.69, 9.17) is 5.73 Å². The first-order valence-corrected chi connectivity index (χ1v) is 6.61. The molecule has 0 spiro atoms. The Bertz CT molecular complexity index is 610. The highest BCUT2D eigenvalue weighted by Gasteiger charge is 2.14. The molecule has 19 heavy (non-hydrogen) atoms. The van der Waals surface area contributed by atoms with E-state index in [0.29, 0.717) is 5.13 Å². The third kappa shape index (κ3) is 2.87. The van der Waals surface area contributed by atoms with E-state index in [-0.39, 0.29) is 16.2 Å². The van der Waals surface area contributed by atoms with Crippen LogP contribution in [0, 0.1) is 25.5 Å². The number of aryl methyl sites for hydroxylation is 2. The molecule has 0 bridgehead atoms. The van der Waals surface area contributed by atoms with Crippen molar-refractivity contribution in [2.24, 2.45) is 5.73 Å². The number of benzene rings is 1. The summed E-state index contributed by atoms with van der Waals surface area (Å²) in [7, 11) is 0. The molecule has 0 aliphatic carbocycles. The second kappa shape index (κ2) is 5.18. The zero-order chi connectivity index (χ0) is 14.2. The van der Waals surface area contributed by atoms with Crippen LogP contribution in [-0.2, 0) is 0 Å². The molecule has 0 unspecified atom stereocenters. The maximum atomic E-state index is 13.8. The van der Waals surface area contributed by atoms with Gasteiger partial charge in [0.2, 0.25) is 0 Å². The van der Waals surface area contributed by atoms with Gasteiger partial charge in [0.25, 0.3) is 0 Å². The third-order valence-corrected chi connectivity index (χ3v) is 3.81. The number of thiazole rings is 1. The minimum atomic E-state index is -0.756. The van der Waals surface area contributed by atoms with Crippen LogP contribution in [0.2, 0.25) is 0 Å². The number of hydrogen-bond donors (Lipinski definition) is 2. The van der Waals surface area contributed by atoms with Crippen molar-refractivity contribution in [2.45, 2.75) is 13.8 Å². The quantitative estimate of drug-likeness (QED) is 0.853. The van der Waals surface area contributed by atoms with Crippen LogP contribution in [-0.4, -0.2) is 9.97 Å². The molecule has 1 aromatic carbocycles. The van der Waals surface area contributed by atoms with E-state index >= 15 is 0 Å². The van der Waals surface area contributed by atoms with Crippen LogP contribution in [0.25, 0.3) is 0 Å². The lowest BCUT2D eigenvalue weighted by molar-refractivity contribution is 0.590. The van der Waals surface area contributed by atoms with E-state index in [1.165, 1.54) is 11.3 Å². The lowest BCUT2D eigenvalue weighted by Crippen LogP contribution is -2.11. The predicted octanol–water partition coefficient (Wildman–Crippen LogP) is 3.42. The van der Waals surface area contributed by atoms with Crippen molar-refractivity contribution in [2.75, 3.05) is 5.32 Å². The van der Waals surface area contributed by atoms with E-state index in [9.17, 15) is 8.78 Å². The molecule has 0 saturated heterocycles. The lowest BCUT2D eigenvalue weighted by atomic mass is 10.2. The van der Waals surface area contributed by atoms with Gasteiger partial charge in [0.15, 0.2) is 5.13 Å². The highest BCUT2D eigenvalue weighted by Crippen LogP contribution is 2.28. The van der Waals surface area contributed by atoms with Gasteiger partial charge in [0.1, 0.15) is 22.3 Å². The molecule has 3 N–H and O–H groups in total. The van der Waals surface area contributed by atoms with Gasteiger partial charge in [-0.25, -0.2) is 13.8 Å². The molecule has 2 aromatic rings. The zero-order valence-electron chi connectivity index (χ0n) is 10.3. The summed E-state index contributed by atoms with van der Waals surface area (Å²) >= 11 is 6.02. The van der Waals surface area contributed by atoms with Gasteiger partial charge < -0.3 is 11.1 Å². The topological polar surface area (TPSA) is 50.9 Å². The molecule has 0 aliphatic heterocycles. The lowest BCUT2D eigenvalue weighted by Gasteiger charge is -2.08. The smallest absolute Gasteiger partial charge is 0.187 e. The molecule has 3 nitrogen and oxygen atoms in total. The SMILES string of the molecule is Cc1nc(Nc2c(F)cc(C(N)=S)cc2F)sc1C. The highest BCUT2D eigenvalue weighted by molar-refractivity contribution is 7.80. The fourth-order valence-corrected chi connectivity index (χ4v) is 2.40. The van der Waals surface area contributed by atoms with Crippen LogP contribution in [0.1, 0.15) is 16.1 Å². The van der Waals surface area contributed by atoms with Crippen LogP contribution in [0.5, 0.6) is 0 Å². The van der Waals surface area contributed by atoms with Crippen molar-refractivity contribution < 1.29 is 8.78 Å². The molecule has 0 radical (unpaired) electrons. The molecule has 7 heteroatoms. The van der Waals surface area contributed by atoms with Crippen LogP contribution in [0.3, 0.4) is 0 Å². The standard InChI is InChI=1S/C12H11F2N3S2/c1-5-6(2)19-12(16-5)17-10-8(13)3-7(11(15)18)4-9(10)14/h3-4H,1-2H3,(H2,15,18)(H,16,17). The predicted molar refractivity (Wildman–Crippen MR) is 77.1 cm³/mol. The first-order chi connectivity index (χ1) is 8.88. The maximum Gasteiger partial charge on any atom is 0.187 e. The summed E-state index contributed by atoms with van der Waals surface area (Å²) in [5.41, 5.74) is 6.07. The van der Waals surface area contributed by atoms with Crippen molar-refractivity contribution in [3.8, 4) is 0 Å². The molecule has 1 heterocycles. The van der Waals surface area contributed by atoms with Gasteiger partial charge in [0, 0.05) is 10.4 Å². The molecule has 2 rings (SSSR count). The molecule has 0 atom stereocenters. The van der Waals surface area contributed by atoms with Gasteiger partial charge in [-0.3, -0.25) is 0 Å². The molecular formula is C12H11F2N3S2. The first-order valence-electron chi connectivity index (χ1n) is 5.38. The van der Waals surface area contributed by atoms with Gasteiger partial charge in [-0.15, -0.1) is 11.3 Å². The van der Waals surface area contributed by atoms with E-state index in [0.717, 1.165) is 22.7 Å². The van der Waals surface area contributed by atoms with E-state index in [1.807, 2.05) is 13.8 Å². The zero-order valence-corrected chi connectivity index (χ0v) is 11.9. The largest absolute Gasteiger partial charge is 0.389 e. The summed E-state index contributed by atoms with van der Waals surface area (Å²) in [5.74, 6) is -1.51. The number of nitrogens with two attached hydrogens (primary N) is 1. The molecule has 100 valence electrons. The van der Waals surface area contributed by atoms with E-state index in [1.54, 1.807) is 0 Å². The van der Waals surface area contributed by atoms with E-state index in [2.05, 4.69) is 22.5 Å². The Morgan fingerprint density at radius 3 is 2.32 bits per heavy atom. The monoisotopic (exact) mass is 299 g/mol. The summed E-state index contributed by atoms with van der Waals surface area (Å²) in [5, 5.41) is 3.08.